The summed E-state index contributed by atoms with van der Waals surface area (Å²) in [6.07, 6.45) is 1.46. The first kappa shape index (κ1) is 18.9. The number of nitrogens with zero attached hydrogens (tertiary/aromatic N) is 2. The van der Waals surface area contributed by atoms with Gasteiger partial charge >= 0.3 is 0 Å². The van der Waals surface area contributed by atoms with Crippen LogP contribution in [0.1, 0.15) is 23.3 Å². The number of carbonyl (C=O) groups excluding carboxylic acids is 1. The van der Waals surface area contributed by atoms with Crippen LogP contribution in [-0.2, 0) is 4.79 Å². The SMILES string of the molecule is COc1cc(Br)cc(C2Nc3ccccc3C3C(=O)NC(SC)=NN23)c1OC. The van der Waals surface area contributed by atoms with Gasteiger partial charge in [-0.25, -0.2) is 0 Å². The van der Waals surface area contributed by atoms with Crippen molar-refractivity contribution in [3.8, 4) is 11.5 Å². The lowest BCUT2D eigenvalue weighted by Crippen LogP contribution is -2.50. The molecule has 2 aliphatic rings. The van der Waals surface area contributed by atoms with Crippen LogP contribution in [0.4, 0.5) is 5.69 Å². The predicted octanol–water partition coefficient (Wildman–Crippen LogP) is 3.70. The molecule has 0 saturated heterocycles. The zero-order valence-corrected chi connectivity index (χ0v) is 17.9. The van der Waals surface area contributed by atoms with Crippen molar-refractivity contribution in [1.29, 1.82) is 0 Å². The summed E-state index contributed by atoms with van der Waals surface area (Å²) < 4.78 is 12.0. The minimum atomic E-state index is -0.548. The van der Waals surface area contributed by atoms with Crippen LogP contribution in [0, 0.1) is 0 Å². The number of para-hydroxylation sites is 1. The minimum absolute atomic E-state index is 0.112. The molecule has 0 saturated carbocycles. The van der Waals surface area contributed by atoms with E-state index in [1.807, 2.05) is 42.7 Å². The van der Waals surface area contributed by atoms with Gasteiger partial charge in [0, 0.05) is 21.3 Å². The Hall–Kier alpha value is -2.39. The van der Waals surface area contributed by atoms with Crippen molar-refractivity contribution in [1.82, 2.24) is 10.3 Å². The second-order valence-electron chi connectivity index (χ2n) is 6.25. The maximum absolute atomic E-state index is 12.9. The van der Waals surface area contributed by atoms with Crippen molar-refractivity contribution in [2.45, 2.75) is 12.2 Å². The Morgan fingerprint density at radius 1 is 1.18 bits per heavy atom. The Morgan fingerprint density at radius 2 is 1.96 bits per heavy atom. The number of hydrogen-bond donors (Lipinski definition) is 2. The molecule has 7 nitrogen and oxygen atoms in total. The Labute approximate surface area is 175 Å². The zero-order chi connectivity index (χ0) is 19.8. The second kappa shape index (κ2) is 7.56. The average Bonchev–Trinajstić information content (AvgIpc) is 2.71. The highest BCUT2D eigenvalue weighted by atomic mass is 79.9. The number of rotatable bonds is 3. The lowest BCUT2D eigenvalue weighted by molar-refractivity contribution is -0.127. The third kappa shape index (κ3) is 3.08. The highest BCUT2D eigenvalue weighted by molar-refractivity contribution is 9.10. The molecule has 2 atom stereocenters. The predicted molar refractivity (Wildman–Crippen MR) is 114 cm³/mol. The maximum Gasteiger partial charge on any atom is 0.255 e. The van der Waals surface area contributed by atoms with Gasteiger partial charge in [0.1, 0.15) is 6.17 Å². The standard InChI is InChI=1S/C19H19BrN4O3S/c1-26-14-9-10(20)8-12(16(14)27-2)17-21-13-7-5-4-6-11(13)15-18(25)22-19(28-3)23-24(15)17/h4-9,15,17,21H,1-3H3,(H,22,23,25). The van der Waals surface area contributed by atoms with Crippen LogP contribution in [0.5, 0.6) is 11.5 Å². The van der Waals surface area contributed by atoms with E-state index in [0.29, 0.717) is 16.7 Å². The van der Waals surface area contributed by atoms with Crippen LogP contribution in [0.15, 0.2) is 46.0 Å². The first-order valence-corrected chi connectivity index (χ1v) is 10.6. The number of nitrogens with one attached hydrogen (secondary N) is 2. The molecule has 0 spiro atoms. The number of halogens is 1. The van der Waals surface area contributed by atoms with Gasteiger partial charge in [0.05, 0.1) is 14.2 Å². The van der Waals surface area contributed by atoms with Gasteiger partial charge in [-0.2, -0.15) is 0 Å². The van der Waals surface area contributed by atoms with Gasteiger partial charge in [0.2, 0.25) is 0 Å². The summed E-state index contributed by atoms with van der Waals surface area (Å²) in [7, 11) is 3.20. The summed E-state index contributed by atoms with van der Waals surface area (Å²) in [6, 6.07) is 11.0. The van der Waals surface area contributed by atoms with E-state index >= 15 is 0 Å². The molecule has 2 aromatic carbocycles. The Bertz CT molecular complexity index is 968. The molecule has 0 aromatic heterocycles. The number of hydrazone groups is 1. The van der Waals surface area contributed by atoms with Crippen LogP contribution in [0.2, 0.25) is 0 Å². The summed E-state index contributed by atoms with van der Waals surface area (Å²) in [4.78, 5) is 12.9. The van der Waals surface area contributed by atoms with E-state index < -0.39 is 12.2 Å². The third-order valence-corrected chi connectivity index (χ3v) is 5.75. The summed E-state index contributed by atoms with van der Waals surface area (Å²) in [6.45, 7) is 0. The monoisotopic (exact) mass is 462 g/mol. The van der Waals surface area contributed by atoms with Crippen molar-refractivity contribution in [3.63, 3.8) is 0 Å². The summed E-state index contributed by atoms with van der Waals surface area (Å²) in [5.41, 5.74) is 2.57. The van der Waals surface area contributed by atoms with E-state index in [0.717, 1.165) is 21.3 Å². The molecular weight excluding hydrogens is 444 g/mol. The normalized spacial score (nSPS) is 20.4. The molecule has 0 aliphatic carbocycles. The minimum Gasteiger partial charge on any atom is -0.493 e. The molecule has 9 heteroatoms. The Kier molecular flexibility index (Phi) is 5.11. The Balaban J connectivity index is 1.92. The molecule has 2 aliphatic heterocycles. The number of amidine groups is 1. The zero-order valence-electron chi connectivity index (χ0n) is 15.5. The fourth-order valence-corrected chi connectivity index (χ4v) is 4.36. The molecule has 4 rings (SSSR count). The number of benzene rings is 2. The van der Waals surface area contributed by atoms with Crippen LogP contribution in [0.25, 0.3) is 0 Å². The summed E-state index contributed by atoms with van der Waals surface area (Å²) in [5, 5.41) is 13.4. The van der Waals surface area contributed by atoms with Crippen molar-refractivity contribution in [3.05, 3.63) is 52.0 Å². The van der Waals surface area contributed by atoms with Crippen LogP contribution in [-0.4, -0.2) is 36.6 Å². The number of thioether (sulfide) groups is 1. The van der Waals surface area contributed by atoms with E-state index in [-0.39, 0.29) is 5.91 Å². The van der Waals surface area contributed by atoms with Gasteiger partial charge in [0.25, 0.3) is 5.91 Å². The van der Waals surface area contributed by atoms with Crippen molar-refractivity contribution < 1.29 is 14.3 Å². The molecule has 0 fully saturated rings. The molecule has 28 heavy (non-hydrogen) atoms. The van der Waals surface area contributed by atoms with Crippen LogP contribution in [0.3, 0.4) is 0 Å². The highest BCUT2D eigenvalue weighted by Crippen LogP contribution is 2.47. The first-order chi connectivity index (χ1) is 13.6. The van der Waals surface area contributed by atoms with Gasteiger partial charge < -0.3 is 20.1 Å². The lowest BCUT2D eigenvalue weighted by Gasteiger charge is -2.44. The van der Waals surface area contributed by atoms with Crippen LogP contribution < -0.4 is 20.1 Å². The highest BCUT2D eigenvalue weighted by Gasteiger charge is 2.43. The van der Waals surface area contributed by atoms with E-state index in [9.17, 15) is 4.79 Å². The van der Waals surface area contributed by atoms with Crippen molar-refractivity contribution in [2.75, 3.05) is 25.8 Å². The molecule has 0 radical (unpaired) electrons. The third-order valence-electron chi connectivity index (χ3n) is 4.72. The van der Waals surface area contributed by atoms with Gasteiger partial charge in [0.15, 0.2) is 22.7 Å². The molecule has 1 amide bonds. The molecule has 0 bridgehead atoms. The first-order valence-electron chi connectivity index (χ1n) is 8.56. The molecule has 2 N–H and O–H groups in total. The molecule has 2 unspecified atom stereocenters. The van der Waals surface area contributed by atoms with Crippen molar-refractivity contribution in [2.24, 2.45) is 5.10 Å². The largest absolute Gasteiger partial charge is 0.493 e. The van der Waals surface area contributed by atoms with E-state index in [4.69, 9.17) is 14.6 Å². The van der Waals surface area contributed by atoms with E-state index in [2.05, 4.69) is 26.6 Å². The summed E-state index contributed by atoms with van der Waals surface area (Å²) in [5.74, 6) is 1.08. The number of amides is 1. The smallest absolute Gasteiger partial charge is 0.255 e. The number of ether oxygens (including phenoxy) is 2. The number of fused-ring (bicyclic) bond motifs is 3. The van der Waals surface area contributed by atoms with Crippen molar-refractivity contribution >= 4 is 44.5 Å². The topological polar surface area (TPSA) is 75.2 Å². The van der Waals surface area contributed by atoms with E-state index in [1.54, 1.807) is 19.2 Å². The number of hydrogen-bond acceptors (Lipinski definition) is 7. The van der Waals surface area contributed by atoms with Gasteiger partial charge in [-0.3, -0.25) is 9.80 Å². The van der Waals surface area contributed by atoms with Crippen LogP contribution >= 0.6 is 27.7 Å². The lowest BCUT2D eigenvalue weighted by atomic mass is 9.97. The number of anilines is 1. The quantitative estimate of drug-likeness (QED) is 0.724. The fraction of sp³-hybridized carbons (Fsp3) is 0.263. The maximum atomic E-state index is 12.9. The average molecular weight is 463 g/mol. The summed E-state index contributed by atoms with van der Waals surface area (Å²) >= 11 is 4.93. The molecule has 2 aromatic rings. The van der Waals surface area contributed by atoms with E-state index in [1.165, 1.54) is 11.8 Å². The number of methoxy groups -OCH3 is 2. The van der Waals surface area contributed by atoms with Gasteiger partial charge in [-0.1, -0.05) is 45.9 Å². The van der Waals surface area contributed by atoms with Gasteiger partial charge in [-0.15, -0.1) is 5.10 Å². The number of carbonyl (C=O) groups is 1. The second-order valence-corrected chi connectivity index (χ2v) is 7.96. The van der Waals surface area contributed by atoms with Gasteiger partial charge in [-0.05, 0) is 24.5 Å². The molecule has 2 heterocycles. The molecule has 146 valence electrons. The fourth-order valence-electron chi connectivity index (χ4n) is 3.53. The Morgan fingerprint density at radius 3 is 2.68 bits per heavy atom. The molecular formula is C19H19BrN4O3S.